The van der Waals surface area contributed by atoms with Crippen LogP contribution in [0.3, 0.4) is 0 Å². The van der Waals surface area contributed by atoms with Crippen LogP contribution >= 0.6 is 0 Å². The molecule has 2 atom stereocenters. The van der Waals surface area contributed by atoms with Gasteiger partial charge in [-0.15, -0.1) is 0 Å². The highest BCUT2D eigenvalue weighted by atomic mass is 16.4. The molecule has 2 rings (SSSR count). The van der Waals surface area contributed by atoms with E-state index in [1.165, 1.54) is 0 Å². The number of carboxylic acids is 1. The van der Waals surface area contributed by atoms with Crippen LogP contribution in [0.15, 0.2) is 4.42 Å². The van der Waals surface area contributed by atoms with Gasteiger partial charge in [0.25, 0.3) is 5.91 Å². The first-order valence-corrected chi connectivity index (χ1v) is 5.56. The molecule has 7 heteroatoms. The van der Waals surface area contributed by atoms with Crippen LogP contribution < -0.4 is 0 Å². The molecule has 2 N–H and O–H groups in total. The van der Waals surface area contributed by atoms with Crippen molar-refractivity contribution in [2.75, 3.05) is 6.54 Å². The van der Waals surface area contributed by atoms with Crippen molar-refractivity contribution < 1.29 is 24.2 Å². The van der Waals surface area contributed by atoms with Crippen LogP contribution in [-0.2, 0) is 4.79 Å². The van der Waals surface area contributed by atoms with Gasteiger partial charge in [0.1, 0.15) is 6.04 Å². The maximum atomic E-state index is 12.2. The van der Waals surface area contributed by atoms with Crippen molar-refractivity contribution in [1.29, 1.82) is 0 Å². The molecular formula is C11H14N2O5. The zero-order chi connectivity index (χ0) is 13.4. The van der Waals surface area contributed by atoms with Crippen LogP contribution in [0.1, 0.15) is 28.6 Å². The maximum absolute atomic E-state index is 12.2. The molecule has 1 saturated heterocycles. The van der Waals surface area contributed by atoms with Crippen LogP contribution in [0.5, 0.6) is 0 Å². The number of aryl methyl sites for hydroxylation is 2. The average molecular weight is 254 g/mol. The fourth-order valence-corrected chi connectivity index (χ4v) is 2.13. The van der Waals surface area contributed by atoms with Gasteiger partial charge in [0, 0.05) is 19.9 Å². The van der Waals surface area contributed by atoms with Gasteiger partial charge in [0.15, 0.2) is 5.89 Å². The van der Waals surface area contributed by atoms with Crippen molar-refractivity contribution >= 4 is 11.9 Å². The normalized spacial score (nSPS) is 23.4. The third-order valence-electron chi connectivity index (χ3n) is 2.92. The van der Waals surface area contributed by atoms with E-state index in [0.29, 0.717) is 11.6 Å². The minimum Gasteiger partial charge on any atom is -0.480 e. The molecule has 0 saturated carbocycles. The smallest absolute Gasteiger partial charge is 0.326 e. The lowest BCUT2D eigenvalue weighted by atomic mass is 10.2. The number of β-amino-alcohol motifs (C(OH)–C–C–N with tert-alkyl or cyclic N) is 1. The molecule has 7 nitrogen and oxygen atoms in total. The molecule has 0 bridgehead atoms. The van der Waals surface area contributed by atoms with Gasteiger partial charge in [-0.2, -0.15) is 0 Å². The number of aliphatic hydroxyl groups is 1. The summed E-state index contributed by atoms with van der Waals surface area (Å²) in [5.41, 5.74) is 0.419. The maximum Gasteiger partial charge on any atom is 0.326 e. The summed E-state index contributed by atoms with van der Waals surface area (Å²) in [5.74, 6) is -1.29. The van der Waals surface area contributed by atoms with E-state index in [-0.39, 0.29) is 18.7 Å². The number of likely N-dealkylation sites (tertiary alicyclic amines) is 1. The fourth-order valence-electron chi connectivity index (χ4n) is 2.13. The Morgan fingerprint density at radius 3 is 2.61 bits per heavy atom. The Morgan fingerprint density at radius 1 is 1.44 bits per heavy atom. The van der Waals surface area contributed by atoms with Crippen molar-refractivity contribution in [2.24, 2.45) is 0 Å². The molecule has 18 heavy (non-hydrogen) atoms. The van der Waals surface area contributed by atoms with Crippen molar-refractivity contribution in [3.05, 3.63) is 17.3 Å². The van der Waals surface area contributed by atoms with Crippen molar-refractivity contribution in [3.8, 4) is 0 Å². The number of aromatic nitrogens is 1. The Kier molecular flexibility index (Phi) is 3.08. The topological polar surface area (TPSA) is 104 Å². The zero-order valence-electron chi connectivity index (χ0n) is 10.1. The van der Waals surface area contributed by atoms with Gasteiger partial charge in [0.05, 0.1) is 11.8 Å². The van der Waals surface area contributed by atoms with Gasteiger partial charge in [-0.25, -0.2) is 9.78 Å². The van der Waals surface area contributed by atoms with Gasteiger partial charge in [0.2, 0.25) is 5.76 Å². The first kappa shape index (κ1) is 12.6. The molecule has 0 aromatic carbocycles. The van der Waals surface area contributed by atoms with Gasteiger partial charge in [-0.05, 0) is 6.92 Å². The highest BCUT2D eigenvalue weighted by Crippen LogP contribution is 2.22. The van der Waals surface area contributed by atoms with Gasteiger partial charge in [-0.1, -0.05) is 0 Å². The molecule has 2 heterocycles. The number of amides is 1. The molecule has 1 aliphatic rings. The first-order chi connectivity index (χ1) is 8.40. The number of carbonyl (C=O) groups excluding carboxylic acids is 1. The molecule has 1 aliphatic heterocycles. The zero-order valence-corrected chi connectivity index (χ0v) is 10.1. The molecule has 1 amide bonds. The fraction of sp³-hybridized carbons (Fsp3) is 0.545. The number of hydrogen-bond acceptors (Lipinski definition) is 5. The van der Waals surface area contributed by atoms with Crippen LogP contribution in [0.2, 0.25) is 0 Å². The van der Waals surface area contributed by atoms with Gasteiger partial charge >= 0.3 is 5.97 Å². The van der Waals surface area contributed by atoms with Crippen LogP contribution in [0.4, 0.5) is 0 Å². The predicted molar refractivity (Wildman–Crippen MR) is 59.1 cm³/mol. The van der Waals surface area contributed by atoms with Crippen molar-refractivity contribution in [3.63, 3.8) is 0 Å². The molecule has 98 valence electrons. The van der Waals surface area contributed by atoms with Gasteiger partial charge < -0.3 is 19.5 Å². The summed E-state index contributed by atoms with van der Waals surface area (Å²) in [6.45, 7) is 3.22. The van der Waals surface area contributed by atoms with E-state index in [9.17, 15) is 14.7 Å². The first-order valence-electron chi connectivity index (χ1n) is 5.56. The van der Waals surface area contributed by atoms with E-state index >= 15 is 0 Å². The summed E-state index contributed by atoms with van der Waals surface area (Å²) in [7, 11) is 0. The van der Waals surface area contributed by atoms with E-state index in [1.807, 2.05) is 0 Å². The molecule has 1 fully saturated rings. The van der Waals surface area contributed by atoms with Gasteiger partial charge in [-0.3, -0.25) is 4.79 Å². The number of nitrogens with zero attached hydrogens (tertiary/aromatic N) is 2. The van der Waals surface area contributed by atoms with E-state index in [0.717, 1.165) is 4.90 Å². The number of hydrogen-bond donors (Lipinski definition) is 2. The van der Waals surface area contributed by atoms with E-state index in [1.54, 1.807) is 13.8 Å². The molecule has 0 radical (unpaired) electrons. The SMILES string of the molecule is Cc1nc(C)c(C(=O)N2CC(O)C[C@H]2C(=O)O)o1. The summed E-state index contributed by atoms with van der Waals surface area (Å²) in [6.07, 6.45) is -0.785. The number of aliphatic hydroxyl groups excluding tert-OH is 1. The second-order valence-corrected chi connectivity index (χ2v) is 4.35. The van der Waals surface area contributed by atoms with Crippen LogP contribution in [-0.4, -0.2) is 50.7 Å². The minimum atomic E-state index is -1.13. The second kappa shape index (κ2) is 4.41. The Hall–Kier alpha value is -1.89. The monoisotopic (exact) mass is 254 g/mol. The second-order valence-electron chi connectivity index (χ2n) is 4.35. The van der Waals surface area contributed by atoms with E-state index < -0.39 is 24.0 Å². The molecule has 1 aromatic rings. The summed E-state index contributed by atoms with van der Waals surface area (Å²) < 4.78 is 5.17. The number of carboxylic acid groups (broad SMARTS) is 1. The number of carbonyl (C=O) groups is 2. The summed E-state index contributed by atoms with van der Waals surface area (Å²) in [5, 5.41) is 18.5. The third-order valence-corrected chi connectivity index (χ3v) is 2.92. The standard InChI is InChI=1S/C11H14N2O5/c1-5-9(18-6(2)12-5)10(15)13-4-7(14)3-8(13)11(16)17/h7-8,14H,3-4H2,1-2H3,(H,16,17)/t7?,8-/m0/s1. The molecule has 1 unspecified atom stereocenters. The van der Waals surface area contributed by atoms with Crippen LogP contribution in [0, 0.1) is 13.8 Å². The third kappa shape index (κ3) is 2.08. The molecule has 0 spiro atoms. The predicted octanol–water partition coefficient (Wildman–Crippen LogP) is -0.0486. The van der Waals surface area contributed by atoms with E-state index in [4.69, 9.17) is 9.52 Å². The lowest BCUT2D eigenvalue weighted by Gasteiger charge is -2.19. The number of oxazole rings is 1. The minimum absolute atomic E-state index is 0.00497. The highest BCUT2D eigenvalue weighted by Gasteiger charge is 2.40. The van der Waals surface area contributed by atoms with E-state index in [2.05, 4.69) is 4.98 Å². The lowest BCUT2D eigenvalue weighted by Crippen LogP contribution is -2.40. The Bertz CT molecular complexity index is 496. The van der Waals surface area contributed by atoms with Crippen LogP contribution in [0.25, 0.3) is 0 Å². The Balaban J connectivity index is 2.28. The largest absolute Gasteiger partial charge is 0.480 e. The quantitative estimate of drug-likeness (QED) is 0.767. The lowest BCUT2D eigenvalue weighted by molar-refractivity contribution is -0.141. The Morgan fingerprint density at radius 2 is 2.11 bits per heavy atom. The molecular weight excluding hydrogens is 240 g/mol. The molecule has 1 aromatic heterocycles. The summed E-state index contributed by atoms with van der Waals surface area (Å²) in [6, 6.07) is -1.02. The summed E-state index contributed by atoms with van der Waals surface area (Å²) >= 11 is 0. The molecule has 0 aliphatic carbocycles. The number of rotatable bonds is 2. The number of aliphatic carboxylic acids is 1. The highest BCUT2D eigenvalue weighted by molar-refractivity contribution is 5.95. The van der Waals surface area contributed by atoms with Crippen molar-refractivity contribution in [2.45, 2.75) is 32.4 Å². The Labute approximate surface area is 103 Å². The summed E-state index contributed by atoms with van der Waals surface area (Å²) in [4.78, 5) is 28.3. The average Bonchev–Trinajstić information content (AvgIpc) is 2.81. The van der Waals surface area contributed by atoms with Crippen molar-refractivity contribution in [1.82, 2.24) is 9.88 Å².